The lowest BCUT2D eigenvalue weighted by atomic mass is 10.1. The molecule has 2 aromatic heterocycles. The van der Waals surface area contributed by atoms with E-state index in [1.807, 2.05) is 54.5 Å². The van der Waals surface area contributed by atoms with E-state index in [0.717, 1.165) is 22.3 Å². The average molecular weight is 414 g/mol. The molecule has 2 amide bonds. The van der Waals surface area contributed by atoms with Crippen LogP contribution < -0.4 is 21.3 Å². The number of nitrogens with one attached hydrogen (secondary N) is 3. The van der Waals surface area contributed by atoms with Crippen molar-refractivity contribution in [2.24, 2.45) is 5.73 Å². The molecule has 8 nitrogen and oxygen atoms in total. The minimum absolute atomic E-state index is 0.130. The summed E-state index contributed by atoms with van der Waals surface area (Å²) in [6.45, 7) is 1.46. The number of nitrogens with zero attached hydrogens (tertiary/aromatic N) is 2. The van der Waals surface area contributed by atoms with Crippen LogP contribution >= 0.6 is 0 Å². The van der Waals surface area contributed by atoms with Gasteiger partial charge in [0.15, 0.2) is 0 Å². The molecule has 0 aliphatic rings. The normalized spacial score (nSPS) is 10.6. The van der Waals surface area contributed by atoms with E-state index in [2.05, 4.69) is 20.6 Å². The maximum Gasteiger partial charge on any atom is 0.252 e. The van der Waals surface area contributed by atoms with Crippen LogP contribution in [0.1, 0.15) is 17.3 Å². The lowest BCUT2D eigenvalue weighted by Crippen LogP contribution is -2.19. The Hall–Kier alpha value is -4.33. The SMILES string of the molecule is CC(=O)Nc1ccc(Nc2cc(N(C)c3cccc4cc[nH]c34)c(C(N)=O)cn2)cc1. The zero-order valence-electron chi connectivity index (χ0n) is 17.1. The second-order valence-electron chi connectivity index (χ2n) is 7.11. The number of amides is 2. The second kappa shape index (κ2) is 8.19. The van der Waals surface area contributed by atoms with Crippen LogP contribution in [0, 0.1) is 0 Å². The Kier molecular flexibility index (Phi) is 5.28. The van der Waals surface area contributed by atoms with Gasteiger partial charge in [-0.3, -0.25) is 9.59 Å². The first-order chi connectivity index (χ1) is 14.9. The highest BCUT2D eigenvalue weighted by Gasteiger charge is 2.17. The molecule has 0 unspecified atom stereocenters. The maximum atomic E-state index is 12.1. The summed E-state index contributed by atoms with van der Waals surface area (Å²) in [6.07, 6.45) is 3.35. The number of rotatable bonds is 6. The molecule has 31 heavy (non-hydrogen) atoms. The fraction of sp³-hybridized carbons (Fsp3) is 0.0870. The summed E-state index contributed by atoms with van der Waals surface area (Å²) in [5, 5.41) is 7.01. The summed E-state index contributed by atoms with van der Waals surface area (Å²) in [7, 11) is 1.88. The molecule has 2 heterocycles. The van der Waals surface area contributed by atoms with E-state index in [-0.39, 0.29) is 5.91 Å². The van der Waals surface area contributed by atoms with Crippen molar-refractivity contribution in [3.05, 3.63) is 72.6 Å². The zero-order chi connectivity index (χ0) is 22.0. The fourth-order valence-corrected chi connectivity index (χ4v) is 3.45. The minimum atomic E-state index is -0.556. The number of H-pyrrole nitrogens is 1. The smallest absolute Gasteiger partial charge is 0.252 e. The van der Waals surface area contributed by atoms with Gasteiger partial charge < -0.3 is 26.3 Å². The second-order valence-corrected chi connectivity index (χ2v) is 7.11. The van der Waals surface area contributed by atoms with Crippen molar-refractivity contribution in [1.82, 2.24) is 9.97 Å². The molecule has 0 aliphatic carbocycles. The van der Waals surface area contributed by atoms with Gasteiger partial charge in [-0.25, -0.2) is 4.98 Å². The fourth-order valence-electron chi connectivity index (χ4n) is 3.45. The molecule has 156 valence electrons. The number of hydrogen-bond donors (Lipinski definition) is 4. The van der Waals surface area contributed by atoms with Gasteiger partial charge in [-0.2, -0.15) is 0 Å². The number of pyridine rings is 1. The predicted molar refractivity (Wildman–Crippen MR) is 123 cm³/mol. The molecule has 0 fully saturated rings. The highest BCUT2D eigenvalue weighted by atomic mass is 16.1. The van der Waals surface area contributed by atoms with Crippen LogP contribution in [0.2, 0.25) is 0 Å². The Bertz CT molecular complexity index is 1260. The molecular formula is C23H22N6O2. The number of carbonyl (C=O) groups excluding carboxylic acids is 2. The van der Waals surface area contributed by atoms with Crippen LogP contribution in [-0.4, -0.2) is 28.8 Å². The first-order valence-corrected chi connectivity index (χ1v) is 9.67. The topological polar surface area (TPSA) is 116 Å². The number of benzene rings is 2. The van der Waals surface area contributed by atoms with Crippen LogP contribution in [-0.2, 0) is 4.79 Å². The predicted octanol–water partition coefficient (Wildman–Crippen LogP) is 4.13. The monoisotopic (exact) mass is 414 g/mol. The third-order valence-corrected chi connectivity index (χ3v) is 4.91. The van der Waals surface area contributed by atoms with E-state index >= 15 is 0 Å². The van der Waals surface area contributed by atoms with Crippen molar-refractivity contribution in [1.29, 1.82) is 0 Å². The lowest BCUT2D eigenvalue weighted by molar-refractivity contribution is -0.114. The summed E-state index contributed by atoms with van der Waals surface area (Å²) < 4.78 is 0. The number of primary amides is 1. The van der Waals surface area contributed by atoms with Gasteiger partial charge in [-0.05, 0) is 36.4 Å². The number of aromatic nitrogens is 2. The minimum Gasteiger partial charge on any atom is -0.365 e. The molecule has 8 heteroatoms. The number of aromatic amines is 1. The van der Waals surface area contributed by atoms with Gasteiger partial charge in [-0.15, -0.1) is 0 Å². The van der Waals surface area contributed by atoms with Crippen molar-refractivity contribution in [2.45, 2.75) is 6.92 Å². The van der Waals surface area contributed by atoms with E-state index in [1.54, 1.807) is 18.2 Å². The summed E-state index contributed by atoms with van der Waals surface area (Å²) in [6, 6.07) is 17.0. The molecule has 0 aliphatic heterocycles. The van der Waals surface area contributed by atoms with Crippen LogP contribution in [0.5, 0.6) is 0 Å². The molecule has 5 N–H and O–H groups in total. The van der Waals surface area contributed by atoms with Gasteiger partial charge in [0, 0.05) is 49.2 Å². The van der Waals surface area contributed by atoms with Crippen LogP contribution in [0.3, 0.4) is 0 Å². The largest absolute Gasteiger partial charge is 0.365 e. The summed E-state index contributed by atoms with van der Waals surface area (Å²) >= 11 is 0. The van der Waals surface area contributed by atoms with E-state index < -0.39 is 5.91 Å². The first kappa shape index (κ1) is 20.0. The average Bonchev–Trinajstić information content (AvgIpc) is 3.23. The zero-order valence-corrected chi connectivity index (χ0v) is 17.1. The molecule has 0 saturated carbocycles. The number of fused-ring (bicyclic) bond motifs is 1. The van der Waals surface area contributed by atoms with Gasteiger partial charge in [-0.1, -0.05) is 12.1 Å². The van der Waals surface area contributed by atoms with Crippen molar-refractivity contribution >= 4 is 51.3 Å². The Morgan fingerprint density at radius 2 is 1.77 bits per heavy atom. The lowest BCUT2D eigenvalue weighted by Gasteiger charge is -2.23. The Balaban J connectivity index is 1.67. The molecule has 0 spiro atoms. The van der Waals surface area contributed by atoms with E-state index in [0.29, 0.717) is 22.8 Å². The molecule has 0 bridgehead atoms. The maximum absolute atomic E-state index is 12.1. The van der Waals surface area contributed by atoms with E-state index in [9.17, 15) is 9.59 Å². The van der Waals surface area contributed by atoms with Crippen molar-refractivity contribution in [3.8, 4) is 0 Å². The molecule has 0 saturated heterocycles. The first-order valence-electron chi connectivity index (χ1n) is 9.67. The van der Waals surface area contributed by atoms with Crippen LogP contribution in [0.4, 0.5) is 28.6 Å². The summed E-state index contributed by atoms with van der Waals surface area (Å²) in [5.74, 6) is -0.133. The third kappa shape index (κ3) is 4.18. The molecule has 4 aromatic rings. The number of nitrogens with two attached hydrogens (primary N) is 1. The van der Waals surface area contributed by atoms with Gasteiger partial charge in [0.1, 0.15) is 5.82 Å². The molecular weight excluding hydrogens is 392 g/mol. The molecule has 2 aromatic carbocycles. The summed E-state index contributed by atoms with van der Waals surface area (Å²) in [4.78, 5) is 32.7. The van der Waals surface area contributed by atoms with Crippen LogP contribution in [0.15, 0.2) is 67.0 Å². The Labute approximate surface area is 179 Å². The molecule has 0 radical (unpaired) electrons. The standard InChI is InChI=1S/C23H22N6O2/c1-14(30)27-16-6-8-17(9-7-16)28-21-12-20(18(13-26-21)23(24)31)29(2)19-5-3-4-15-10-11-25-22(15)19/h3-13,25H,1-2H3,(H2,24,31)(H,26,28)(H,27,30). The highest BCUT2D eigenvalue weighted by Crippen LogP contribution is 2.33. The van der Waals surface area contributed by atoms with E-state index in [4.69, 9.17) is 5.73 Å². The highest BCUT2D eigenvalue weighted by molar-refractivity contribution is 6.02. The summed E-state index contributed by atoms with van der Waals surface area (Å²) in [5.41, 5.74) is 9.91. The number of para-hydroxylation sites is 1. The van der Waals surface area contributed by atoms with Crippen molar-refractivity contribution < 1.29 is 9.59 Å². The number of anilines is 5. The Morgan fingerprint density at radius 1 is 1.03 bits per heavy atom. The molecule has 4 rings (SSSR count). The molecule has 0 atom stereocenters. The quantitative estimate of drug-likeness (QED) is 0.379. The third-order valence-electron chi connectivity index (χ3n) is 4.91. The van der Waals surface area contributed by atoms with Crippen molar-refractivity contribution in [2.75, 3.05) is 22.6 Å². The Morgan fingerprint density at radius 3 is 2.48 bits per heavy atom. The number of hydrogen-bond acceptors (Lipinski definition) is 5. The van der Waals surface area contributed by atoms with E-state index in [1.165, 1.54) is 13.1 Å². The van der Waals surface area contributed by atoms with Crippen LogP contribution in [0.25, 0.3) is 10.9 Å². The van der Waals surface area contributed by atoms with Gasteiger partial charge >= 0.3 is 0 Å². The van der Waals surface area contributed by atoms with Gasteiger partial charge in [0.05, 0.1) is 22.5 Å². The van der Waals surface area contributed by atoms with Gasteiger partial charge in [0.25, 0.3) is 5.91 Å². The van der Waals surface area contributed by atoms with Gasteiger partial charge in [0.2, 0.25) is 5.91 Å². The number of carbonyl (C=O) groups is 2. The van der Waals surface area contributed by atoms with Crippen molar-refractivity contribution in [3.63, 3.8) is 0 Å².